The predicted octanol–water partition coefficient (Wildman–Crippen LogP) is -1.10. The summed E-state index contributed by atoms with van der Waals surface area (Å²) in [6.45, 7) is -1.22. The first-order chi connectivity index (χ1) is 10.4. The van der Waals surface area contributed by atoms with Crippen LogP contribution in [0.3, 0.4) is 0 Å². The molecular weight excluding hydrogens is 362 g/mol. The second-order valence-corrected chi connectivity index (χ2v) is 6.88. The Morgan fingerprint density at radius 1 is 0.913 bits per heavy atom. The Labute approximate surface area is 131 Å². The maximum Gasteiger partial charge on any atom is 0.472 e. The van der Waals surface area contributed by atoms with E-state index in [1.807, 2.05) is 0 Å². The van der Waals surface area contributed by atoms with Crippen LogP contribution >= 0.6 is 15.6 Å². The van der Waals surface area contributed by atoms with Crippen LogP contribution in [0, 0.1) is 0 Å². The standard InChI is InChI=1S/C9H20O12P2/c1-2-9(12)18-3-7(10)5-20-23(16,17)21-6-8(11)4-19-22(13,14)15/h7-8,10-11H,2-6H2,1H3,(H,16,17)(H2,13,14,15)/t7-,8+/m1/s1. The molecule has 23 heavy (non-hydrogen) atoms. The number of carbonyl (C=O) groups is 1. The minimum atomic E-state index is -4.78. The summed E-state index contributed by atoms with van der Waals surface area (Å²) in [5, 5.41) is 18.6. The van der Waals surface area contributed by atoms with Gasteiger partial charge in [0.1, 0.15) is 18.8 Å². The third kappa shape index (κ3) is 13.7. The first-order valence-corrected chi connectivity index (χ1v) is 9.31. The number of esters is 1. The van der Waals surface area contributed by atoms with Crippen LogP contribution in [0.4, 0.5) is 0 Å². The molecule has 0 aliphatic rings. The maximum atomic E-state index is 11.4. The van der Waals surface area contributed by atoms with Gasteiger partial charge >= 0.3 is 21.6 Å². The highest BCUT2D eigenvalue weighted by Crippen LogP contribution is 2.43. The molecule has 0 aromatic carbocycles. The average molecular weight is 382 g/mol. The molecule has 0 bridgehead atoms. The fourth-order valence-corrected chi connectivity index (χ4v) is 2.13. The first kappa shape index (κ1) is 22.6. The minimum absolute atomic E-state index is 0.101. The number of rotatable bonds is 12. The summed E-state index contributed by atoms with van der Waals surface area (Å²) in [6.07, 6.45) is -2.86. The van der Waals surface area contributed by atoms with Crippen molar-refractivity contribution in [2.24, 2.45) is 0 Å². The Balaban J connectivity index is 4.02. The number of aliphatic hydroxyl groups excluding tert-OH is 2. The van der Waals surface area contributed by atoms with E-state index in [-0.39, 0.29) is 6.42 Å². The van der Waals surface area contributed by atoms with Crippen LogP contribution in [-0.4, -0.2) is 69.5 Å². The number of aliphatic hydroxyl groups is 2. The van der Waals surface area contributed by atoms with Crippen LogP contribution in [-0.2, 0) is 32.2 Å². The molecule has 0 saturated carbocycles. The third-order valence-corrected chi connectivity index (χ3v) is 3.46. The topological polar surface area (TPSA) is 189 Å². The number of carbonyl (C=O) groups excluding carboxylic acids is 1. The molecule has 0 spiro atoms. The van der Waals surface area contributed by atoms with Crippen molar-refractivity contribution in [3.63, 3.8) is 0 Å². The van der Waals surface area contributed by atoms with Gasteiger partial charge in [0, 0.05) is 6.42 Å². The first-order valence-electron chi connectivity index (χ1n) is 6.29. The van der Waals surface area contributed by atoms with Gasteiger partial charge in [-0.3, -0.25) is 18.4 Å². The van der Waals surface area contributed by atoms with E-state index in [0.29, 0.717) is 0 Å². The maximum absolute atomic E-state index is 11.4. The number of phosphoric acid groups is 2. The highest BCUT2D eigenvalue weighted by Gasteiger charge is 2.25. The van der Waals surface area contributed by atoms with E-state index in [4.69, 9.17) is 9.79 Å². The summed E-state index contributed by atoms with van der Waals surface area (Å²) in [7, 11) is -9.41. The van der Waals surface area contributed by atoms with Gasteiger partial charge in [-0.2, -0.15) is 0 Å². The molecule has 0 rings (SSSR count). The van der Waals surface area contributed by atoms with Crippen molar-refractivity contribution < 1.29 is 57.1 Å². The second-order valence-electron chi connectivity index (χ2n) is 4.19. The van der Waals surface area contributed by atoms with Crippen molar-refractivity contribution in [3.8, 4) is 0 Å². The SMILES string of the molecule is CCC(=O)OC[C@@H](O)COP(=O)(O)OC[C@@H](O)COP(=O)(O)O. The van der Waals surface area contributed by atoms with Crippen LogP contribution in [0.15, 0.2) is 0 Å². The molecule has 3 atom stereocenters. The van der Waals surface area contributed by atoms with E-state index >= 15 is 0 Å². The van der Waals surface area contributed by atoms with Crippen LogP contribution in [0.2, 0.25) is 0 Å². The number of hydrogen-bond acceptors (Lipinski definition) is 9. The lowest BCUT2D eigenvalue weighted by atomic mass is 10.4. The van der Waals surface area contributed by atoms with Crippen LogP contribution in [0.1, 0.15) is 13.3 Å². The Kier molecular flexibility index (Phi) is 10.3. The lowest BCUT2D eigenvalue weighted by molar-refractivity contribution is -0.146. The number of phosphoric ester groups is 2. The van der Waals surface area contributed by atoms with Gasteiger partial charge in [-0.1, -0.05) is 6.92 Å². The number of hydrogen-bond donors (Lipinski definition) is 5. The van der Waals surface area contributed by atoms with Crippen molar-refractivity contribution in [1.29, 1.82) is 0 Å². The van der Waals surface area contributed by atoms with Crippen LogP contribution in [0.25, 0.3) is 0 Å². The number of ether oxygens (including phenoxy) is 1. The second kappa shape index (κ2) is 10.5. The molecule has 0 aliphatic carbocycles. The highest BCUT2D eigenvalue weighted by atomic mass is 31.2. The highest BCUT2D eigenvalue weighted by molar-refractivity contribution is 7.47. The lowest BCUT2D eigenvalue weighted by Gasteiger charge is -2.17. The van der Waals surface area contributed by atoms with E-state index < -0.39 is 60.3 Å². The molecule has 5 N–H and O–H groups in total. The summed E-state index contributed by atoms with van der Waals surface area (Å²) >= 11 is 0. The summed E-state index contributed by atoms with van der Waals surface area (Å²) in [4.78, 5) is 36.9. The van der Waals surface area contributed by atoms with Gasteiger partial charge in [0.05, 0.1) is 19.8 Å². The predicted molar refractivity (Wildman–Crippen MR) is 73.0 cm³/mol. The molecule has 0 radical (unpaired) electrons. The molecule has 0 amide bonds. The van der Waals surface area contributed by atoms with Crippen LogP contribution in [0.5, 0.6) is 0 Å². The smallest absolute Gasteiger partial charge is 0.463 e. The molecule has 0 aromatic rings. The van der Waals surface area contributed by atoms with E-state index in [9.17, 15) is 29.0 Å². The molecule has 0 heterocycles. The van der Waals surface area contributed by atoms with Gasteiger partial charge in [0.2, 0.25) is 0 Å². The van der Waals surface area contributed by atoms with Gasteiger partial charge in [-0.05, 0) is 0 Å². The van der Waals surface area contributed by atoms with Crippen LogP contribution < -0.4 is 0 Å². The van der Waals surface area contributed by atoms with E-state index in [0.717, 1.165) is 0 Å². The van der Waals surface area contributed by atoms with Gasteiger partial charge in [-0.15, -0.1) is 0 Å². The summed E-state index contributed by atoms with van der Waals surface area (Å²) in [5.41, 5.74) is 0. The van der Waals surface area contributed by atoms with Crippen molar-refractivity contribution >= 4 is 21.6 Å². The third-order valence-electron chi connectivity index (χ3n) is 2.02. The van der Waals surface area contributed by atoms with Gasteiger partial charge < -0.3 is 29.6 Å². The van der Waals surface area contributed by atoms with Gasteiger partial charge in [0.15, 0.2) is 0 Å². The Hall–Kier alpha value is -0.390. The lowest BCUT2D eigenvalue weighted by Crippen LogP contribution is -2.24. The molecule has 12 nitrogen and oxygen atoms in total. The average Bonchev–Trinajstić information content (AvgIpc) is 2.45. The fraction of sp³-hybridized carbons (Fsp3) is 0.889. The molecule has 0 aromatic heterocycles. The monoisotopic (exact) mass is 382 g/mol. The van der Waals surface area contributed by atoms with Crippen molar-refractivity contribution in [2.75, 3.05) is 26.4 Å². The summed E-state index contributed by atoms with van der Waals surface area (Å²) in [6, 6.07) is 0. The van der Waals surface area contributed by atoms with E-state index in [2.05, 4.69) is 18.3 Å². The molecule has 0 aliphatic heterocycles. The Morgan fingerprint density at radius 3 is 1.78 bits per heavy atom. The van der Waals surface area contributed by atoms with Gasteiger partial charge in [0.25, 0.3) is 0 Å². The molecule has 138 valence electrons. The molecule has 1 unspecified atom stereocenters. The van der Waals surface area contributed by atoms with Crippen molar-refractivity contribution in [3.05, 3.63) is 0 Å². The quantitative estimate of drug-likeness (QED) is 0.203. The Bertz CT molecular complexity index is 448. The zero-order valence-electron chi connectivity index (χ0n) is 12.2. The zero-order chi connectivity index (χ0) is 18.1. The fourth-order valence-electron chi connectivity index (χ4n) is 0.968. The van der Waals surface area contributed by atoms with Gasteiger partial charge in [-0.25, -0.2) is 9.13 Å². The Morgan fingerprint density at radius 2 is 1.35 bits per heavy atom. The van der Waals surface area contributed by atoms with E-state index in [1.54, 1.807) is 6.92 Å². The van der Waals surface area contributed by atoms with E-state index in [1.165, 1.54) is 0 Å². The van der Waals surface area contributed by atoms with Crippen molar-refractivity contribution in [2.45, 2.75) is 25.6 Å². The zero-order valence-corrected chi connectivity index (χ0v) is 14.0. The summed E-state index contributed by atoms with van der Waals surface area (Å²) < 4.78 is 39.0. The molecule has 0 saturated heterocycles. The summed E-state index contributed by atoms with van der Waals surface area (Å²) in [5.74, 6) is -0.569. The minimum Gasteiger partial charge on any atom is -0.463 e. The normalized spacial score (nSPS) is 17.3. The molecule has 14 heteroatoms. The largest absolute Gasteiger partial charge is 0.472 e. The van der Waals surface area contributed by atoms with Crippen molar-refractivity contribution in [1.82, 2.24) is 0 Å². The molecule has 0 fully saturated rings. The molecular formula is C9H20O12P2.